The predicted molar refractivity (Wildman–Crippen MR) is 101 cm³/mol. The molecule has 0 fully saturated rings. The van der Waals surface area contributed by atoms with Gasteiger partial charge < -0.3 is 20.1 Å². The number of carbonyl (C=O) groups excluding carboxylic acids is 2. The molecule has 27 heavy (non-hydrogen) atoms. The summed E-state index contributed by atoms with van der Waals surface area (Å²) in [4.78, 5) is 25.4. The van der Waals surface area contributed by atoms with E-state index in [-0.39, 0.29) is 12.1 Å². The summed E-state index contributed by atoms with van der Waals surface area (Å²) in [5.74, 6) is 0.0675. The van der Waals surface area contributed by atoms with Gasteiger partial charge in [0.1, 0.15) is 11.5 Å². The third-order valence-corrected chi connectivity index (χ3v) is 4.41. The molecule has 0 bridgehead atoms. The lowest BCUT2D eigenvalue weighted by atomic mass is 10.2. The van der Waals surface area contributed by atoms with Gasteiger partial charge in [0.25, 0.3) is 11.8 Å². The van der Waals surface area contributed by atoms with Gasteiger partial charge >= 0.3 is 0 Å². The topological polar surface area (TPSA) is 78.9 Å². The second-order valence-electron chi connectivity index (χ2n) is 6.39. The van der Waals surface area contributed by atoms with Crippen LogP contribution in [-0.4, -0.2) is 34.9 Å². The van der Waals surface area contributed by atoms with Crippen LogP contribution in [0.3, 0.4) is 0 Å². The second kappa shape index (κ2) is 7.95. The fourth-order valence-corrected chi connectivity index (χ4v) is 2.76. The van der Waals surface area contributed by atoms with Crippen molar-refractivity contribution in [3.63, 3.8) is 0 Å². The maximum atomic E-state index is 12.2. The van der Waals surface area contributed by atoms with E-state index in [1.807, 2.05) is 55.5 Å². The van der Waals surface area contributed by atoms with E-state index in [0.717, 1.165) is 11.3 Å². The number of rotatable bonds is 6. The van der Waals surface area contributed by atoms with Crippen LogP contribution in [0.2, 0.25) is 0 Å². The van der Waals surface area contributed by atoms with Crippen LogP contribution in [0.4, 0.5) is 0 Å². The van der Waals surface area contributed by atoms with Crippen molar-refractivity contribution in [2.75, 3.05) is 13.1 Å². The molecule has 0 saturated heterocycles. The molecule has 0 aliphatic carbocycles. The number of likely N-dealkylation sites (N-methyl/N-ethyl adjacent to an activating group) is 1. The molecule has 2 amide bonds. The Morgan fingerprint density at radius 1 is 1.11 bits per heavy atom. The maximum absolute atomic E-state index is 12.2. The van der Waals surface area contributed by atoms with E-state index in [1.54, 1.807) is 6.92 Å². The highest BCUT2D eigenvalue weighted by Crippen LogP contribution is 2.22. The standard InChI is InChI=1S/C21H22N2O4/c1-3-23-13-18(19(24)21(23)26)20(25)22-12-15-6-10-17(11-7-15)27-16-8-4-14(2)5-9-16/h4-11,24H,3,12-13H2,1-2H3,(H,22,25). The van der Waals surface area contributed by atoms with Crippen LogP contribution >= 0.6 is 0 Å². The minimum atomic E-state index is -0.500. The first kappa shape index (κ1) is 18.5. The first-order valence-electron chi connectivity index (χ1n) is 8.81. The summed E-state index contributed by atoms with van der Waals surface area (Å²) in [5.41, 5.74) is 2.16. The molecular weight excluding hydrogens is 344 g/mol. The van der Waals surface area contributed by atoms with Crippen LogP contribution in [0, 0.1) is 6.92 Å². The smallest absolute Gasteiger partial charge is 0.289 e. The van der Waals surface area contributed by atoms with E-state index in [0.29, 0.717) is 18.8 Å². The number of aryl methyl sites for hydroxylation is 1. The second-order valence-corrected chi connectivity index (χ2v) is 6.39. The number of ether oxygens (including phenoxy) is 1. The number of amides is 2. The Bertz CT molecular complexity index is 870. The van der Waals surface area contributed by atoms with Gasteiger partial charge in [0.15, 0.2) is 5.76 Å². The number of aliphatic hydroxyl groups excluding tert-OH is 1. The Labute approximate surface area is 158 Å². The van der Waals surface area contributed by atoms with E-state index >= 15 is 0 Å². The maximum Gasteiger partial charge on any atom is 0.289 e. The van der Waals surface area contributed by atoms with Gasteiger partial charge in [-0.2, -0.15) is 0 Å². The molecule has 6 nitrogen and oxygen atoms in total. The van der Waals surface area contributed by atoms with Gasteiger partial charge in [-0.25, -0.2) is 0 Å². The van der Waals surface area contributed by atoms with Crippen molar-refractivity contribution < 1.29 is 19.4 Å². The molecule has 6 heteroatoms. The third kappa shape index (κ3) is 4.28. The highest BCUT2D eigenvalue weighted by Gasteiger charge is 2.32. The number of nitrogens with zero attached hydrogens (tertiary/aromatic N) is 1. The minimum Gasteiger partial charge on any atom is -0.503 e. The Morgan fingerprint density at radius 3 is 2.26 bits per heavy atom. The minimum absolute atomic E-state index is 0.112. The lowest BCUT2D eigenvalue weighted by Gasteiger charge is -2.12. The zero-order valence-corrected chi connectivity index (χ0v) is 15.4. The highest BCUT2D eigenvalue weighted by atomic mass is 16.5. The van der Waals surface area contributed by atoms with Gasteiger partial charge in [0.05, 0.1) is 12.1 Å². The highest BCUT2D eigenvalue weighted by molar-refractivity contribution is 6.06. The lowest BCUT2D eigenvalue weighted by molar-refractivity contribution is -0.127. The zero-order chi connectivity index (χ0) is 19.4. The molecular formula is C21H22N2O4. The van der Waals surface area contributed by atoms with Crippen molar-refractivity contribution in [1.82, 2.24) is 10.2 Å². The number of hydrogen-bond acceptors (Lipinski definition) is 4. The summed E-state index contributed by atoms with van der Waals surface area (Å²) < 4.78 is 5.77. The van der Waals surface area contributed by atoms with Crippen molar-refractivity contribution in [2.45, 2.75) is 20.4 Å². The molecule has 0 aromatic heterocycles. The van der Waals surface area contributed by atoms with Crippen LogP contribution in [0.5, 0.6) is 11.5 Å². The molecule has 0 atom stereocenters. The summed E-state index contributed by atoms with van der Waals surface area (Å²) in [6.45, 7) is 4.69. The normalized spacial score (nSPS) is 13.9. The summed E-state index contributed by atoms with van der Waals surface area (Å²) in [6.07, 6.45) is 0. The van der Waals surface area contributed by atoms with E-state index in [4.69, 9.17) is 4.74 Å². The fraction of sp³-hybridized carbons (Fsp3) is 0.238. The van der Waals surface area contributed by atoms with Gasteiger partial charge in [0.2, 0.25) is 0 Å². The molecule has 0 unspecified atom stereocenters. The first-order valence-corrected chi connectivity index (χ1v) is 8.81. The van der Waals surface area contributed by atoms with Crippen LogP contribution < -0.4 is 10.1 Å². The molecule has 1 aliphatic heterocycles. The number of benzene rings is 2. The van der Waals surface area contributed by atoms with Crippen molar-refractivity contribution in [1.29, 1.82) is 0 Å². The van der Waals surface area contributed by atoms with Crippen LogP contribution in [0.1, 0.15) is 18.1 Å². The van der Waals surface area contributed by atoms with Gasteiger partial charge in [-0.1, -0.05) is 29.8 Å². The van der Waals surface area contributed by atoms with E-state index in [9.17, 15) is 14.7 Å². The van der Waals surface area contributed by atoms with Crippen LogP contribution in [-0.2, 0) is 16.1 Å². The van der Waals surface area contributed by atoms with Gasteiger partial charge in [-0.05, 0) is 43.7 Å². The Kier molecular flexibility index (Phi) is 5.45. The third-order valence-electron chi connectivity index (χ3n) is 4.41. The van der Waals surface area contributed by atoms with Crippen molar-refractivity contribution in [3.05, 3.63) is 71.0 Å². The number of aliphatic hydroxyl groups is 1. The average Bonchev–Trinajstić information content (AvgIpc) is 2.97. The Hall–Kier alpha value is -3.28. The van der Waals surface area contributed by atoms with Gasteiger partial charge in [-0.3, -0.25) is 9.59 Å². The summed E-state index contributed by atoms with van der Waals surface area (Å²) >= 11 is 0. The Morgan fingerprint density at radius 2 is 1.70 bits per heavy atom. The molecule has 3 rings (SSSR count). The molecule has 2 N–H and O–H groups in total. The molecule has 2 aromatic rings. The van der Waals surface area contributed by atoms with Gasteiger partial charge in [-0.15, -0.1) is 0 Å². The van der Waals surface area contributed by atoms with Crippen molar-refractivity contribution in [3.8, 4) is 11.5 Å². The molecule has 140 valence electrons. The first-order chi connectivity index (χ1) is 13.0. The molecule has 2 aromatic carbocycles. The van der Waals surface area contributed by atoms with Crippen molar-refractivity contribution in [2.24, 2.45) is 0 Å². The van der Waals surface area contributed by atoms with Crippen LogP contribution in [0.15, 0.2) is 59.9 Å². The molecule has 0 saturated carbocycles. The summed E-state index contributed by atoms with van der Waals surface area (Å²) in [7, 11) is 0. The molecule has 1 heterocycles. The predicted octanol–water partition coefficient (Wildman–Crippen LogP) is 3.08. The Balaban J connectivity index is 1.56. The molecule has 1 aliphatic rings. The fourth-order valence-electron chi connectivity index (χ4n) is 2.76. The zero-order valence-electron chi connectivity index (χ0n) is 15.4. The lowest BCUT2D eigenvalue weighted by Crippen LogP contribution is -2.29. The van der Waals surface area contributed by atoms with E-state index in [2.05, 4.69) is 5.32 Å². The SMILES string of the molecule is CCN1CC(C(=O)NCc2ccc(Oc3ccc(C)cc3)cc2)=C(O)C1=O. The summed E-state index contributed by atoms with van der Waals surface area (Å²) in [6, 6.07) is 15.2. The monoisotopic (exact) mass is 366 g/mol. The van der Waals surface area contributed by atoms with E-state index in [1.165, 1.54) is 10.5 Å². The largest absolute Gasteiger partial charge is 0.503 e. The summed E-state index contributed by atoms with van der Waals surface area (Å²) in [5, 5.41) is 12.6. The van der Waals surface area contributed by atoms with E-state index < -0.39 is 17.6 Å². The molecule has 0 radical (unpaired) electrons. The number of hydrogen-bond donors (Lipinski definition) is 2. The molecule has 0 spiro atoms. The quantitative estimate of drug-likeness (QED) is 0.823. The van der Waals surface area contributed by atoms with Crippen molar-refractivity contribution >= 4 is 11.8 Å². The van der Waals surface area contributed by atoms with Crippen LogP contribution in [0.25, 0.3) is 0 Å². The number of carbonyl (C=O) groups is 2. The van der Waals surface area contributed by atoms with Gasteiger partial charge in [0, 0.05) is 13.1 Å². The number of nitrogens with one attached hydrogen (secondary N) is 1. The average molecular weight is 366 g/mol.